The zero-order valence-electron chi connectivity index (χ0n) is 10.4. The molecule has 2 aromatic heterocycles. The number of aromatic nitrogens is 4. The molecule has 6 heteroatoms. The summed E-state index contributed by atoms with van der Waals surface area (Å²) in [6.07, 6.45) is 4.53. The molecule has 2 heterocycles. The summed E-state index contributed by atoms with van der Waals surface area (Å²) in [5, 5.41) is 4.70. The minimum atomic E-state index is 0.648. The van der Waals surface area contributed by atoms with Gasteiger partial charge < -0.3 is 5.32 Å². The zero-order chi connectivity index (χ0) is 12.8. The van der Waals surface area contributed by atoms with Crippen LogP contribution in [0.4, 0.5) is 5.95 Å². The SMILES string of the molecule is CCCNc1nccc(Sc2nccc(C)n2)n1. The van der Waals surface area contributed by atoms with Crippen LogP contribution in [0.3, 0.4) is 0 Å². The highest BCUT2D eigenvalue weighted by Gasteiger charge is 2.03. The molecule has 18 heavy (non-hydrogen) atoms. The van der Waals surface area contributed by atoms with Gasteiger partial charge in [0.15, 0.2) is 5.16 Å². The lowest BCUT2D eigenvalue weighted by Gasteiger charge is -2.04. The van der Waals surface area contributed by atoms with Crippen LogP contribution in [0, 0.1) is 6.92 Å². The molecule has 2 rings (SSSR count). The van der Waals surface area contributed by atoms with E-state index >= 15 is 0 Å². The van der Waals surface area contributed by atoms with Gasteiger partial charge in [0, 0.05) is 24.6 Å². The first-order valence-electron chi connectivity index (χ1n) is 5.82. The smallest absolute Gasteiger partial charge is 0.223 e. The molecule has 94 valence electrons. The molecule has 0 amide bonds. The Hall–Kier alpha value is -1.69. The van der Waals surface area contributed by atoms with Crippen LogP contribution >= 0.6 is 11.8 Å². The predicted octanol–water partition coefficient (Wildman–Crippen LogP) is 2.55. The first-order chi connectivity index (χ1) is 8.78. The summed E-state index contributed by atoms with van der Waals surface area (Å²) in [7, 11) is 0. The average Bonchev–Trinajstić information content (AvgIpc) is 2.37. The Kier molecular flexibility index (Phi) is 4.46. The highest BCUT2D eigenvalue weighted by molar-refractivity contribution is 7.99. The molecule has 0 saturated carbocycles. The highest BCUT2D eigenvalue weighted by Crippen LogP contribution is 2.22. The van der Waals surface area contributed by atoms with Crippen molar-refractivity contribution < 1.29 is 0 Å². The van der Waals surface area contributed by atoms with Crippen molar-refractivity contribution in [3.63, 3.8) is 0 Å². The number of hydrogen-bond donors (Lipinski definition) is 1. The van der Waals surface area contributed by atoms with Gasteiger partial charge in [-0.05, 0) is 37.2 Å². The molecule has 0 unspecified atom stereocenters. The van der Waals surface area contributed by atoms with Crippen LogP contribution in [-0.4, -0.2) is 26.5 Å². The molecule has 0 aromatic carbocycles. The summed E-state index contributed by atoms with van der Waals surface area (Å²) >= 11 is 1.44. The van der Waals surface area contributed by atoms with E-state index in [4.69, 9.17) is 0 Å². The van der Waals surface area contributed by atoms with Gasteiger partial charge in [-0.1, -0.05) is 6.92 Å². The van der Waals surface area contributed by atoms with E-state index in [0.717, 1.165) is 23.7 Å². The second kappa shape index (κ2) is 6.30. The summed E-state index contributed by atoms with van der Waals surface area (Å²) in [5.41, 5.74) is 0.950. The highest BCUT2D eigenvalue weighted by atomic mass is 32.2. The van der Waals surface area contributed by atoms with Crippen molar-refractivity contribution >= 4 is 17.7 Å². The monoisotopic (exact) mass is 261 g/mol. The van der Waals surface area contributed by atoms with Crippen LogP contribution in [0.1, 0.15) is 19.0 Å². The lowest BCUT2D eigenvalue weighted by atomic mass is 10.5. The van der Waals surface area contributed by atoms with Crippen molar-refractivity contribution in [2.24, 2.45) is 0 Å². The van der Waals surface area contributed by atoms with Gasteiger partial charge in [0.25, 0.3) is 0 Å². The van der Waals surface area contributed by atoms with E-state index in [9.17, 15) is 0 Å². The molecule has 0 aliphatic heterocycles. The van der Waals surface area contributed by atoms with E-state index in [1.165, 1.54) is 11.8 Å². The molecule has 0 aliphatic carbocycles. The average molecular weight is 261 g/mol. The van der Waals surface area contributed by atoms with Crippen molar-refractivity contribution in [3.8, 4) is 0 Å². The Bertz CT molecular complexity index is 517. The molecule has 0 radical (unpaired) electrons. The maximum absolute atomic E-state index is 4.40. The Balaban J connectivity index is 2.09. The number of rotatable bonds is 5. The summed E-state index contributed by atoms with van der Waals surface area (Å²) in [6.45, 7) is 4.92. The summed E-state index contributed by atoms with van der Waals surface area (Å²) in [6, 6.07) is 3.73. The first-order valence-corrected chi connectivity index (χ1v) is 6.64. The normalized spacial score (nSPS) is 10.3. The third kappa shape index (κ3) is 3.66. The molecular formula is C12H15N5S. The molecule has 1 N–H and O–H groups in total. The Morgan fingerprint density at radius 3 is 2.78 bits per heavy atom. The van der Waals surface area contributed by atoms with Gasteiger partial charge in [-0.3, -0.25) is 0 Å². The minimum Gasteiger partial charge on any atom is -0.354 e. The lowest BCUT2D eigenvalue weighted by Crippen LogP contribution is -2.04. The lowest BCUT2D eigenvalue weighted by molar-refractivity contribution is 0.916. The van der Waals surface area contributed by atoms with Gasteiger partial charge in [-0.25, -0.2) is 19.9 Å². The van der Waals surface area contributed by atoms with Gasteiger partial charge in [0.2, 0.25) is 5.95 Å². The van der Waals surface area contributed by atoms with Crippen molar-refractivity contribution in [1.29, 1.82) is 0 Å². The summed E-state index contributed by atoms with van der Waals surface area (Å²) in [4.78, 5) is 17.1. The zero-order valence-corrected chi connectivity index (χ0v) is 11.2. The molecular weight excluding hydrogens is 246 g/mol. The summed E-state index contributed by atoms with van der Waals surface area (Å²) in [5.74, 6) is 0.648. The molecule has 0 bridgehead atoms. The van der Waals surface area contributed by atoms with Crippen molar-refractivity contribution in [3.05, 3.63) is 30.2 Å². The van der Waals surface area contributed by atoms with Gasteiger partial charge in [-0.15, -0.1) is 0 Å². The van der Waals surface area contributed by atoms with E-state index in [1.54, 1.807) is 12.4 Å². The molecule has 0 fully saturated rings. The molecule has 0 saturated heterocycles. The van der Waals surface area contributed by atoms with Crippen molar-refractivity contribution in [2.45, 2.75) is 30.5 Å². The van der Waals surface area contributed by atoms with E-state index in [1.807, 2.05) is 19.1 Å². The molecule has 0 aliphatic rings. The van der Waals surface area contributed by atoms with E-state index in [-0.39, 0.29) is 0 Å². The second-order valence-corrected chi connectivity index (χ2v) is 4.72. The quantitative estimate of drug-likeness (QED) is 0.659. The molecule has 5 nitrogen and oxygen atoms in total. The van der Waals surface area contributed by atoms with E-state index < -0.39 is 0 Å². The van der Waals surface area contributed by atoms with Crippen LogP contribution in [0.25, 0.3) is 0 Å². The van der Waals surface area contributed by atoms with Gasteiger partial charge in [-0.2, -0.15) is 0 Å². The Morgan fingerprint density at radius 1 is 1.17 bits per heavy atom. The predicted molar refractivity (Wildman–Crippen MR) is 71.7 cm³/mol. The third-order valence-electron chi connectivity index (χ3n) is 2.13. The largest absolute Gasteiger partial charge is 0.354 e. The Morgan fingerprint density at radius 2 is 2.00 bits per heavy atom. The van der Waals surface area contributed by atoms with Gasteiger partial charge in [0.1, 0.15) is 5.03 Å². The van der Waals surface area contributed by atoms with Crippen molar-refractivity contribution in [2.75, 3.05) is 11.9 Å². The standard InChI is InChI=1S/C12H15N5S/c1-3-6-13-11-14-8-5-10(17-11)18-12-15-7-4-9(2)16-12/h4-5,7-8H,3,6H2,1-2H3,(H,13,14,17). The van der Waals surface area contributed by atoms with Crippen LogP contribution < -0.4 is 5.32 Å². The third-order valence-corrected chi connectivity index (χ3v) is 2.95. The molecule has 2 aromatic rings. The number of nitrogens with zero attached hydrogens (tertiary/aromatic N) is 4. The first kappa shape index (κ1) is 12.8. The van der Waals surface area contributed by atoms with Gasteiger partial charge in [0.05, 0.1) is 0 Å². The number of aryl methyl sites for hydroxylation is 1. The van der Waals surface area contributed by atoms with Crippen LogP contribution in [0.2, 0.25) is 0 Å². The summed E-state index contributed by atoms with van der Waals surface area (Å²) < 4.78 is 0. The minimum absolute atomic E-state index is 0.648. The van der Waals surface area contributed by atoms with Crippen molar-refractivity contribution in [1.82, 2.24) is 19.9 Å². The maximum Gasteiger partial charge on any atom is 0.223 e. The molecule has 0 atom stereocenters. The number of nitrogens with one attached hydrogen (secondary N) is 1. The molecule has 0 spiro atoms. The van der Waals surface area contributed by atoms with Gasteiger partial charge >= 0.3 is 0 Å². The van der Waals surface area contributed by atoms with Crippen LogP contribution in [0.5, 0.6) is 0 Å². The Labute approximate surface area is 110 Å². The van der Waals surface area contributed by atoms with Crippen LogP contribution in [0.15, 0.2) is 34.7 Å². The topological polar surface area (TPSA) is 63.6 Å². The fourth-order valence-electron chi connectivity index (χ4n) is 1.29. The maximum atomic E-state index is 4.40. The number of anilines is 1. The fourth-order valence-corrected chi connectivity index (χ4v) is 2.04. The van der Waals surface area contributed by atoms with E-state index in [0.29, 0.717) is 11.1 Å². The fraction of sp³-hybridized carbons (Fsp3) is 0.333. The van der Waals surface area contributed by atoms with E-state index in [2.05, 4.69) is 32.2 Å². The number of hydrogen-bond acceptors (Lipinski definition) is 6. The second-order valence-electron chi connectivity index (χ2n) is 3.73. The van der Waals surface area contributed by atoms with Crippen LogP contribution in [-0.2, 0) is 0 Å².